The molecule has 4 atom stereocenters. The molecule has 1 N–H and O–H groups in total. The summed E-state index contributed by atoms with van der Waals surface area (Å²) in [6, 6.07) is 7.75. The molecule has 1 aromatic carbocycles. The summed E-state index contributed by atoms with van der Waals surface area (Å²) in [7, 11) is 3.32. The van der Waals surface area contributed by atoms with Crippen LogP contribution in [-0.2, 0) is 39.8 Å². The van der Waals surface area contributed by atoms with Crippen molar-refractivity contribution >= 4 is 18.4 Å². The lowest BCUT2D eigenvalue weighted by molar-refractivity contribution is -0.0749. The lowest BCUT2D eigenvalue weighted by atomic mass is 10.2. The fourth-order valence-corrected chi connectivity index (χ4v) is 6.30. The van der Waals surface area contributed by atoms with Crippen molar-refractivity contribution in [3.05, 3.63) is 29.8 Å². The fraction of sp³-hybridized carbons (Fsp3) is 0.727. The smallest absolute Gasteiger partial charge is 0.262 e. The van der Waals surface area contributed by atoms with Gasteiger partial charge in [0.05, 0.1) is 39.1 Å². The Bertz CT molecular complexity index is 713. The maximum absolute atomic E-state index is 6.08. The van der Waals surface area contributed by atoms with Crippen LogP contribution >= 0.6 is 6.64 Å². The minimum atomic E-state index is -2.68. The molecule has 8 nitrogen and oxygen atoms in total. The second kappa shape index (κ2) is 13.3. The molecule has 0 aliphatic carbocycles. The Morgan fingerprint density at radius 3 is 2.50 bits per heavy atom. The van der Waals surface area contributed by atoms with E-state index >= 15 is 0 Å². The fourth-order valence-electron chi connectivity index (χ4n) is 2.98. The summed E-state index contributed by atoms with van der Waals surface area (Å²) in [6.07, 6.45) is 0.287. The number of benzene rings is 1. The van der Waals surface area contributed by atoms with Gasteiger partial charge in [0.25, 0.3) is 6.64 Å². The molecule has 1 heterocycles. The van der Waals surface area contributed by atoms with Crippen LogP contribution in [0.4, 0.5) is 0 Å². The Hall–Kier alpha value is -0.610. The molecular formula is C22H38NO7PS. The number of methoxy groups -OCH3 is 2. The lowest BCUT2D eigenvalue weighted by Gasteiger charge is -2.32. The second-order valence-electron chi connectivity index (χ2n) is 8.62. The van der Waals surface area contributed by atoms with Crippen LogP contribution in [0.25, 0.3) is 0 Å². The van der Waals surface area contributed by atoms with Crippen LogP contribution < -0.4 is 9.82 Å². The van der Waals surface area contributed by atoms with Gasteiger partial charge in [-0.3, -0.25) is 0 Å². The summed E-state index contributed by atoms with van der Waals surface area (Å²) in [4.78, 5) is 0. The standard InChI is InChI=1S/C22H38NO7PS/c1-17(11-12-24-5)23-31(32,30-22(2,3)4)28-14-13-26-15-20-16-27-21(29-20)18-7-9-19(25-6)10-8-18/h7-10,17,20-21H,11-16H2,1-6H3,(H,23,32). The molecule has 4 unspecified atom stereocenters. The molecule has 0 spiro atoms. The minimum Gasteiger partial charge on any atom is -0.497 e. The third kappa shape index (κ3) is 10.1. The van der Waals surface area contributed by atoms with Gasteiger partial charge < -0.3 is 32.7 Å². The van der Waals surface area contributed by atoms with Crippen LogP contribution in [0.1, 0.15) is 46.0 Å². The molecule has 1 saturated heterocycles. The number of nitrogens with one attached hydrogen (secondary N) is 1. The molecular weight excluding hydrogens is 453 g/mol. The van der Waals surface area contributed by atoms with E-state index in [4.69, 9.17) is 44.5 Å². The van der Waals surface area contributed by atoms with Crippen molar-refractivity contribution < 1.29 is 32.7 Å². The van der Waals surface area contributed by atoms with Crippen molar-refractivity contribution in [3.63, 3.8) is 0 Å². The third-order valence-electron chi connectivity index (χ3n) is 4.46. The van der Waals surface area contributed by atoms with Crippen molar-refractivity contribution in [3.8, 4) is 5.75 Å². The molecule has 2 rings (SSSR count). The average molecular weight is 492 g/mol. The van der Waals surface area contributed by atoms with Gasteiger partial charge in [-0.25, -0.2) is 5.09 Å². The van der Waals surface area contributed by atoms with E-state index in [9.17, 15) is 0 Å². The molecule has 1 fully saturated rings. The summed E-state index contributed by atoms with van der Waals surface area (Å²) >= 11 is 5.73. The topological polar surface area (TPSA) is 76.6 Å². The van der Waals surface area contributed by atoms with Gasteiger partial charge in [-0.2, -0.15) is 0 Å². The summed E-state index contributed by atoms with van der Waals surface area (Å²) < 4.78 is 39.8. The molecule has 0 radical (unpaired) electrons. The molecule has 0 aromatic heterocycles. The number of ether oxygens (including phenoxy) is 5. The van der Waals surface area contributed by atoms with Crippen molar-refractivity contribution in [2.75, 3.05) is 47.3 Å². The number of hydrogen-bond donors (Lipinski definition) is 1. The first kappa shape index (κ1) is 27.6. The van der Waals surface area contributed by atoms with E-state index in [-0.39, 0.29) is 12.1 Å². The maximum Gasteiger partial charge on any atom is 0.262 e. The Labute approximate surface area is 197 Å². The Morgan fingerprint density at radius 1 is 1.16 bits per heavy atom. The van der Waals surface area contributed by atoms with Crippen LogP contribution in [-0.4, -0.2) is 65.0 Å². The van der Waals surface area contributed by atoms with Crippen LogP contribution in [0.15, 0.2) is 24.3 Å². The zero-order valence-corrected chi connectivity index (χ0v) is 21.7. The van der Waals surface area contributed by atoms with Crippen molar-refractivity contribution in [2.24, 2.45) is 0 Å². The highest BCUT2D eigenvalue weighted by atomic mass is 32.5. The largest absolute Gasteiger partial charge is 0.497 e. The van der Waals surface area contributed by atoms with E-state index < -0.39 is 18.5 Å². The van der Waals surface area contributed by atoms with Gasteiger partial charge in [0, 0.05) is 25.3 Å². The molecule has 32 heavy (non-hydrogen) atoms. The SMILES string of the molecule is COCCC(C)NP(=S)(OCCOCC1COC(c2ccc(OC)cc2)O1)OC(C)(C)C. The second-order valence-corrected chi connectivity index (χ2v) is 11.8. The van der Waals surface area contributed by atoms with Gasteiger partial charge in [0.15, 0.2) is 6.29 Å². The van der Waals surface area contributed by atoms with Gasteiger partial charge in [0.2, 0.25) is 0 Å². The zero-order valence-electron chi connectivity index (χ0n) is 20.0. The Kier molecular flexibility index (Phi) is 11.5. The first-order valence-electron chi connectivity index (χ1n) is 10.8. The Morgan fingerprint density at radius 2 is 1.88 bits per heavy atom. The van der Waals surface area contributed by atoms with E-state index in [2.05, 4.69) is 5.09 Å². The average Bonchev–Trinajstić information content (AvgIpc) is 3.19. The normalized spacial score (nSPS) is 21.9. The quantitative estimate of drug-likeness (QED) is 0.304. The van der Waals surface area contributed by atoms with Gasteiger partial charge >= 0.3 is 0 Å². The summed E-state index contributed by atoms with van der Waals surface area (Å²) in [5, 5.41) is 3.34. The summed E-state index contributed by atoms with van der Waals surface area (Å²) in [5.74, 6) is 0.797. The monoisotopic (exact) mass is 491 g/mol. The highest BCUT2D eigenvalue weighted by Gasteiger charge is 2.29. The molecule has 0 amide bonds. The van der Waals surface area contributed by atoms with E-state index in [1.54, 1.807) is 14.2 Å². The number of hydrogen-bond acceptors (Lipinski definition) is 8. The molecule has 0 bridgehead atoms. The van der Waals surface area contributed by atoms with E-state index in [0.29, 0.717) is 33.0 Å². The van der Waals surface area contributed by atoms with Gasteiger partial charge in [-0.1, -0.05) is 12.1 Å². The van der Waals surface area contributed by atoms with Crippen LogP contribution in [0, 0.1) is 0 Å². The summed E-state index contributed by atoms with van der Waals surface area (Å²) in [5.41, 5.74) is 0.529. The third-order valence-corrected chi connectivity index (χ3v) is 7.38. The van der Waals surface area contributed by atoms with Gasteiger partial charge in [0.1, 0.15) is 11.9 Å². The molecule has 0 saturated carbocycles. The van der Waals surface area contributed by atoms with Crippen LogP contribution in [0.3, 0.4) is 0 Å². The molecule has 1 aromatic rings. The zero-order chi connectivity index (χ0) is 23.6. The number of rotatable bonds is 14. The predicted molar refractivity (Wildman–Crippen MR) is 128 cm³/mol. The first-order chi connectivity index (χ1) is 15.1. The van der Waals surface area contributed by atoms with E-state index in [1.807, 2.05) is 52.0 Å². The van der Waals surface area contributed by atoms with Crippen molar-refractivity contribution in [1.29, 1.82) is 0 Å². The highest BCUT2D eigenvalue weighted by Crippen LogP contribution is 2.48. The van der Waals surface area contributed by atoms with Crippen LogP contribution in [0.2, 0.25) is 0 Å². The first-order valence-corrected chi connectivity index (χ1v) is 13.5. The van der Waals surface area contributed by atoms with Gasteiger partial charge in [-0.05, 0) is 58.1 Å². The highest BCUT2D eigenvalue weighted by molar-refractivity contribution is 8.09. The van der Waals surface area contributed by atoms with Crippen molar-refractivity contribution in [2.45, 2.75) is 58.2 Å². The molecule has 1 aliphatic rings. The summed E-state index contributed by atoms with van der Waals surface area (Å²) in [6.45, 7) is 7.50. The van der Waals surface area contributed by atoms with Gasteiger partial charge in [-0.15, -0.1) is 0 Å². The van der Waals surface area contributed by atoms with Crippen molar-refractivity contribution in [1.82, 2.24) is 5.09 Å². The molecule has 10 heteroatoms. The van der Waals surface area contributed by atoms with E-state index in [0.717, 1.165) is 17.7 Å². The predicted octanol–water partition coefficient (Wildman–Crippen LogP) is 4.20. The van der Waals surface area contributed by atoms with E-state index in [1.165, 1.54) is 0 Å². The maximum atomic E-state index is 6.08. The minimum absolute atomic E-state index is 0.114. The van der Waals surface area contributed by atoms with Crippen LogP contribution in [0.5, 0.6) is 5.75 Å². The lowest BCUT2D eigenvalue weighted by Crippen LogP contribution is -2.31. The Balaban J connectivity index is 1.73. The molecule has 1 aliphatic heterocycles. The molecule has 184 valence electrons.